The summed E-state index contributed by atoms with van der Waals surface area (Å²) in [6.07, 6.45) is 4.24. The van der Waals surface area contributed by atoms with Crippen molar-refractivity contribution >= 4 is 6.41 Å². The molecule has 28 heavy (non-hydrogen) atoms. The Morgan fingerprint density at radius 3 is 1.82 bits per heavy atom. The highest BCUT2D eigenvalue weighted by Crippen LogP contribution is 2.33. The van der Waals surface area contributed by atoms with Crippen LogP contribution in [0.15, 0.2) is 30.3 Å². The molecule has 0 aliphatic carbocycles. The zero-order valence-electron chi connectivity index (χ0n) is 18.0. The van der Waals surface area contributed by atoms with Gasteiger partial charge in [0.15, 0.2) is 0 Å². The van der Waals surface area contributed by atoms with Gasteiger partial charge >= 0.3 is 0 Å². The Kier molecular flexibility index (Phi) is 14.5. The fourth-order valence-electron chi connectivity index (χ4n) is 3.26. The fraction of sp³-hybridized carbons (Fsp3) is 0.696. The number of rotatable bonds is 14. The third-order valence-corrected chi connectivity index (χ3v) is 4.76. The summed E-state index contributed by atoms with van der Waals surface area (Å²) in [7, 11) is 0. The van der Waals surface area contributed by atoms with Gasteiger partial charge in [0.25, 0.3) is 0 Å². The van der Waals surface area contributed by atoms with E-state index in [4.69, 9.17) is 14.2 Å². The molecule has 1 fully saturated rings. The first-order valence-electron chi connectivity index (χ1n) is 10.7. The average Bonchev–Trinajstić information content (AvgIpc) is 2.70. The minimum Gasteiger partial charge on any atom is -0.379 e. The lowest BCUT2D eigenvalue weighted by atomic mass is 9.80. The smallest absolute Gasteiger partial charge is 0.209 e. The van der Waals surface area contributed by atoms with Gasteiger partial charge in [-0.15, -0.1) is 0 Å². The molecule has 1 atom stereocenters. The summed E-state index contributed by atoms with van der Waals surface area (Å²) in [5.74, 6) is 1.27. The van der Waals surface area contributed by atoms with Gasteiger partial charge in [-0.05, 0) is 30.7 Å². The molecule has 5 nitrogen and oxygen atoms in total. The van der Waals surface area contributed by atoms with Crippen molar-refractivity contribution in [1.82, 2.24) is 4.90 Å². The van der Waals surface area contributed by atoms with Crippen molar-refractivity contribution in [2.45, 2.75) is 46.0 Å². The van der Waals surface area contributed by atoms with Gasteiger partial charge in [0.2, 0.25) is 6.41 Å². The third-order valence-electron chi connectivity index (χ3n) is 4.76. The number of ether oxygens (including phenoxy) is 3. The number of carbonyl (C=O) groups is 1. The Morgan fingerprint density at radius 2 is 1.39 bits per heavy atom. The molecule has 1 saturated heterocycles. The maximum atomic E-state index is 10.5. The number of hydrogen-bond acceptors (Lipinski definition) is 4. The Morgan fingerprint density at radius 1 is 0.893 bits per heavy atom. The molecule has 1 aliphatic rings. The van der Waals surface area contributed by atoms with Crippen molar-refractivity contribution in [3.63, 3.8) is 0 Å². The Balaban J connectivity index is 0.000000284. The van der Waals surface area contributed by atoms with Crippen LogP contribution in [0.4, 0.5) is 0 Å². The van der Waals surface area contributed by atoms with Crippen LogP contribution >= 0.6 is 0 Å². The van der Waals surface area contributed by atoms with Crippen LogP contribution in [0.3, 0.4) is 0 Å². The molecule has 0 radical (unpaired) electrons. The molecule has 0 saturated carbocycles. The van der Waals surface area contributed by atoms with Gasteiger partial charge in [0.05, 0.1) is 26.4 Å². The molecule has 1 aromatic carbocycles. The summed E-state index contributed by atoms with van der Waals surface area (Å²) in [5, 5.41) is 0. The Bertz CT molecular complexity index is 467. The van der Waals surface area contributed by atoms with Crippen molar-refractivity contribution in [3.8, 4) is 0 Å². The van der Waals surface area contributed by atoms with Crippen LogP contribution < -0.4 is 0 Å². The molecule has 160 valence electrons. The van der Waals surface area contributed by atoms with E-state index in [-0.39, 0.29) is 0 Å². The van der Waals surface area contributed by atoms with Gasteiger partial charge in [-0.3, -0.25) is 4.79 Å². The monoisotopic (exact) mass is 393 g/mol. The molecular weight excluding hydrogens is 354 g/mol. The topological polar surface area (TPSA) is 48.0 Å². The average molecular weight is 394 g/mol. The van der Waals surface area contributed by atoms with E-state index in [1.165, 1.54) is 5.56 Å². The molecule has 1 unspecified atom stereocenters. The lowest BCUT2D eigenvalue weighted by Crippen LogP contribution is -2.48. The largest absolute Gasteiger partial charge is 0.379 e. The maximum Gasteiger partial charge on any atom is 0.209 e. The molecule has 5 heteroatoms. The van der Waals surface area contributed by atoms with E-state index in [2.05, 4.69) is 51.1 Å². The highest BCUT2D eigenvalue weighted by molar-refractivity contribution is 5.49. The molecular formula is C23H39NO4. The number of hydrogen-bond donors (Lipinski definition) is 0. The van der Waals surface area contributed by atoms with Gasteiger partial charge in [-0.1, -0.05) is 51.1 Å². The Hall–Kier alpha value is -1.43. The van der Waals surface area contributed by atoms with Crippen LogP contribution in [0, 0.1) is 5.92 Å². The van der Waals surface area contributed by atoms with E-state index in [1.807, 2.05) is 4.90 Å². The van der Waals surface area contributed by atoms with Crippen molar-refractivity contribution in [2.75, 3.05) is 52.7 Å². The highest BCUT2D eigenvalue weighted by atomic mass is 16.5. The molecule has 1 aliphatic heterocycles. The van der Waals surface area contributed by atoms with Crippen molar-refractivity contribution in [3.05, 3.63) is 35.9 Å². The van der Waals surface area contributed by atoms with Crippen LogP contribution in [0.5, 0.6) is 0 Å². The summed E-state index contributed by atoms with van der Waals surface area (Å²) in [6, 6.07) is 10.6. The van der Waals surface area contributed by atoms with E-state index in [9.17, 15) is 4.79 Å². The summed E-state index contributed by atoms with van der Waals surface area (Å²) in [4.78, 5) is 12.3. The van der Waals surface area contributed by atoms with Crippen LogP contribution in [-0.2, 0) is 19.0 Å². The summed E-state index contributed by atoms with van der Waals surface area (Å²) >= 11 is 0. The molecule has 1 heterocycles. The molecule has 2 rings (SSSR count). The summed E-state index contributed by atoms with van der Waals surface area (Å²) in [5.41, 5.74) is 1.41. The number of benzene rings is 1. The van der Waals surface area contributed by atoms with Gasteiger partial charge in [-0.25, -0.2) is 0 Å². The standard InChI is InChI=1S/C13H17NO.C10H22O3/c1-2-13(11-6-4-3-5-7-11)12-8-14(9-12)10-15;1-3-5-11-7-9-13-10-8-12-6-4-2/h3-7,10,12-13H,2,8-9H2,1H3;3-10H2,1-2H3. The first kappa shape index (κ1) is 24.6. The summed E-state index contributed by atoms with van der Waals surface area (Å²) < 4.78 is 15.8. The zero-order chi connectivity index (χ0) is 20.5. The second-order valence-corrected chi connectivity index (χ2v) is 7.08. The molecule has 0 bridgehead atoms. The number of amides is 1. The highest BCUT2D eigenvalue weighted by Gasteiger charge is 2.32. The molecule has 0 spiro atoms. The predicted octanol–water partition coefficient (Wildman–Crippen LogP) is 4.12. The Labute approximate surface area is 171 Å². The van der Waals surface area contributed by atoms with E-state index >= 15 is 0 Å². The zero-order valence-corrected chi connectivity index (χ0v) is 18.0. The quantitative estimate of drug-likeness (QED) is 0.352. The van der Waals surface area contributed by atoms with Crippen LogP contribution in [0.1, 0.15) is 51.5 Å². The van der Waals surface area contributed by atoms with Crippen LogP contribution in [-0.4, -0.2) is 64.0 Å². The fourth-order valence-corrected chi connectivity index (χ4v) is 3.26. The lowest BCUT2D eigenvalue weighted by Gasteiger charge is -2.41. The minimum absolute atomic E-state index is 0.613. The third kappa shape index (κ3) is 10.2. The van der Waals surface area contributed by atoms with E-state index < -0.39 is 0 Å². The van der Waals surface area contributed by atoms with Gasteiger partial charge in [0.1, 0.15) is 0 Å². The first-order chi connectivity index (χ1) is 13.8. The number of likely N-dealkylation sites (tertiary alicyclic amines) is 1. The number of carbonyl (C=O) groups excluding carboxylic acids is 1. The van der Waals surface area contributed by atoms with Crippen LogP contribution in [0.2, 0.25) is 0 Å². The van der Waals surface area contributed by atoms with Crippen molar-refractivity contribution < 1.29 is 19.0 Å². The van der Waals surface area contributed by atoms with E-state index in [1.54, 1.807) is 0 Å². The van der Waals surface area contributed by atoms with Crippen LogP contribution in [0.25, 0.3) is 0 Å². The first-order valence-corrected chi connectivity index (χ1v) is 10.7. The molecule has 0 aromatic heterocycles. The van der Waals surface area contributed by atoms with Gasteiger partial charge < -0.3 is 19.1 Å². The minimum atomic E-state index is 0.613. The van der Waals surface area contributed by atoms with Gasteiger partial charge in [0, 0.05) is 32.2 Å². The van der Waals surface area contributed by atoms with Crippen molar-refractivity contribution in [2.24, 2.45) is 5.92 Å². The molecule has 0 N–H and O–H groups in total. The molecule has 1 amide bonds. The second kappa shape index (κ2) is 16.5. The normalized spacial score (nSPS) is 14.8. The SMILES string of the molecule is CCC(c1ccccc1)C1CN(C=O)C1.CCCOCCOCCOCCC. The van der Waals surface area contributed by atoms with E-state index in [0.29, 0.717) is 38.3 Å². The van der Waals surface area contributed by atoms with Gasteiger partial charge in [-0.2, -0.15) is 0 Å². The number of nitrogens with zero attached hydrogens (tertiary/aromatic N) is 1. The predicted molar refractivity (Wildman–Crippen MR) is 114 cm³/mol. The lowest BCUT2D eigenvalue weighted by molar-refractivity contribution is -0.124. The van der Waals surface area contributed by atoms with E-state index in [0.717, 1.165) is 52.0 Å². The maximum absolute atomic E-state index is 10.5. The van der Waals surface area contributed by atoms with Crippen molar-refractivity contribution in [1.29, 1.82) is 0 Å². The second-order valence-electron chi connectivity index (χ2n) is 7.08. The summed E-state index contributed by atoms with van der Waals surface area (Å²) in [6.45, 7) is 12.7. The molecule has 1 aromatic rings.